The number of halogens is 2. The number of aromatic nitrogens is 3. The van der Waals surface area contributed by atoms with Gasteiger partial charge in [-0.05, 0) is 37.2 Å². The second kappa shape index (κ2) is 9.56. The molecule has 12 heteroatoms. The number of carbonyl (C=O) groups excluding carboxylic acids is 2. The van der Waals surface area contributed by atoms with Crippen molar-refractivity contribution in [2.75, 3.05) is 6.61 Å². The first-order valence-electron chi connectivity index (χ1n) is 9.28. The van der Waals surface area contributed by atoms with Crippen molar-refractivity contribution in [3.63, 3.8) is 0 Å². The van der Waals surface area contributed by atoms with Gasteiger partial charge in [-0.2, -0.15) is 0 Å². The van der Waals surface area contributed by atoms with E-state index in [1.165, 1.54) is 14.1 Å². The van der Waals surface area contributed by atoms with Crippen LogP contribution in [0.4, 0.5) is 4.39 Å². The van der Waals surface area contributed by atoms with Gasteiger partial charge in [-0.1, -0.05) is 25.4 Å². The average Bonchev–Trinajstić information content (AvgIpc) is 2.70. The van der Waals surface area contributed by atoms with Gasteiger partial charge < -0.3 is 10.1 Å². The molecule has 2 rings (SSSR count). The van der Waals surface area contributed by atoms with E-state index in [0.29, 0.717) is 4.57 Å². The predicted octanol–water partition coefficient (Wildman–Crippen LogP) is 1.71. The zero-order chi connectivity index (χ0) is 23.6. The smallest absolute Gasteiger partial charge is 0.338 e. The van der Waals surface area contributed by atoms with Crippen molar-refractivity contribution in [1.29, 1.82) is 0 Å². The van der Waals surface area contributed by atoms with Gasteiger partial charge in [0.15, 0.2) is 4.77 Å². The first kappa shape index (κ1) is 24.5. The van der Waals surface area contributed by atoms with Crippen LogP contribution in [0.2, 0.25) is 5.02 Å². The molecule has 31 heavy (non-hydrogen) atoms. The lowest BCUT2D eigenvalue weighted by atomic mass is 10.0. The highest BCUT2D eigenvalue weighted by Crippen LogP contribution is 2.23. The molecular weight excluding hydrogens is 451 g/mol. The van der Waals surface area contributed by atoms with Crippen LogP contribution >= 0.6 is 23.8 Å². The van der Waals surface area contributed by atoms with Crippen LogP contribution in [-0.2, 0) is 23.6 Å². The summed E-state index contributed by atoms with van der Waals surface area (Å²) in [6.45, 7) is 5.17. The summed E-state index contributed by atoms with van der Waals surface area (Å²) < 4.78 is 22.1. The number of esters is 1. The minimum Gasteiger partial charge on any atom is -0.464 e. The predicted molar refractivity (Wildman–Crippen MR) is 115 cm³/mol. The van der Waals surface area contributed by atoms with E-state index >= 15 is 0 Å². The Morgan fingerprint density at radius 1 is 1.19 bits per heavy atom. The van der Waals surface area contributed by atoms with Crippen LogP contribution in [0.3, 0.4) is 0 Å². The molecule has 1 aromatic heterocycles. The standard InChI is InChI=1S/C19H22ClFN4O5S/c1-6-30-16(27)14(9(2)3)22-15(26)10-7-13(12(21)8-11(10)20)25-17(28)23(4)19(31)24(5)18(25)29/h7-9,14H,6H2,1-5H3,(H,22,26)/t14-/m0/s1. The van der Waals surface area contributed by atoms with Crippen LogP contribution in [0, 0.1) is 16.5 Å². The van der Waals surface area contributed by atoms with Crippen LogP contribution in [0.5, 0.6) is 0 Å². The number of ether oxygens (including phenoxy) is 1. The van der Waals surface area contributed by atoms with Gasteiger partial charge in [-0.25, -0.2) is 23.3 Å². The van der Waals surface area contributed by atoms with Gasteiger partial charge >= 0.3 is 17.3 Å². The van der Waals surface area contributed by atoms with Gasteiger partial charge in [-0.3, -0.25) is 13.9 Å². The van der Waals surface area contributed by atoms with E-state index in [0.717, 1.165) is 21.3 Å². The quantitative estimate of drug-likeness (QED) is 0.507. The fourth-order valence-electron chi connectivity index (χ4n) is 2.81. The summed E-state index contributed by atoms with van der Waals surface area (Å²) in [6, 6.07) is 0.806. The summed E-state index contributed by atoms with van der Waals surface area (Å²) in [4.78, 5) is 50.2. The van der Waals surface area contributed by atoms with Crippen molar-refractivity contribution in [2.45, 2.75) is 26.8 Å². The molecule has 0 aliphatic heterocycles. The van der Waals surface area contributed by atoms with Crippen molar-refractivity contribution < 1.29 is 18.7 Å². The summed E-state index contributed by atoms with van der Waals surface area (Å²) >= 11 is 11.1. The zero-order valence-electron chi connectivity index (χ0n) is 17.6. The molecule has 1 atom stereocenters. The average molecular weight is 473 g/mol. The minimum absolute atomic E-state index is 0.0622. The van der Waals surface area contributed by atoms with E-state index in [1.807, 2.05) is 0 Å². The number of carbonyl (C=O) groups is 2. The maximum atomic E-state index is 14.7. The molecule has 1 amide bonds. The van der Waals surface area contributed by atoms with E-state index in [9.17, 15) is 23.6 Å². The molecule has 0 aliphatic rings. The van der Waals surface area contributed by atoms with Crippen molar-refractivity contribution in [1.82, 2.24) is 19.0 Å². The highest BCUT2D eigenvalue weighted by molar-refractivity contribution is 7.71. The molecular formula is C19H22ClFN4O5S. The lowest BCUT2D eigenvalue weighted by Gasteiger charge is -2.21. The summed E-state index contributed by atoms with van der Waals surface area (Å²) in [6.07, 6.45) is 0. The molecule has 0 radical (unpaired) electrons. The molecule has 0 bridgehead atoms. The molecule has 0 saturated carbocycles. The van der Waals surface area contributed by atoms with Gasteiger partial charge in [0.05, 0.1) is 22.9 Å². The van der Waals surface area contributed by atoms with Gasteiger partial charge in [-0.15, -0.1) is 0 Å². The summed E-state index contributed by atoms with van der Waals surface area (Å²) in [5.74, 6) is -2.74. The van der Waals surface area contributed by atoms with E-state index in [1.54, 1.807) is 20.8 Å². The normalized spacial score (nSPS) is 12.0. The minimum atomic E-state index is -0.997. The molecule has 1 heterocycles. The SMILES string of the molecule is CCOC(=O)[C@@H](NC(=O)c1cc(-n2c(=O)n(C)c(=S)n(C)c2=O)c(F)cc1Cl)C(C)C. The Bertz CT molecular complexity index is 1180. The lowest BCUT2D eigenvalue weighted by Crippen LogP contribution is -2.46. The third-order valence-electron chi connectivity index (χ3n) is 4.55. The summed E-state index contributed by atoms with van der Waals surface area (Å²) in [5.41, 5.74) is -2.51. The molecule has 0 fully saturated rings. The molecule has 9 nitrogen and oxygen atoms in total. The van der Waals surface area contributed by atoms with Crippen molar-refractivity contribution >= 4 is 35.7 Å². The number of rotatable bonds is 6. The van der Waals surface area contributed by atoms with E-state index in [-0.39, 0.29) is 27.9 Å². The Hall–Kier alpha value is -2.79. The van der Waals surface area contributed by atoms with Crippen molar-refractivity contribution in [3.8, 4) is 5.69 Å². The number of hydrogen-bond acceptors (Lipinski definition) is 6. The Morgan fingerprint density at radius 3 is 2.23 bits per heavy atom. The monoisotopic (exact) mass is 472 g/mol. The Balaban J connectivity index is 2.63. The zero-order valence-corrected chi connectivity index (χ0v) is 19.1. The molecule has 0 unspecified atom stereocenters. The lowest BCUT2D eigenvalue weighted by molar-refractivity contribution is -0.146. The van der Waals surface area contributed by atoms with Gasteiger partial charge in [0.2, 0.25) is 0 Å². The Kier molecular flexibility index (Phi) is 7.55. The van der Waals surface area contributed by atoms with Crippen molar-refractivity contribution in [2.24, 2.45) is 20.0 Å². The van der Waals surface area contributed by atoms with E-state index in [4.69, 9.17) is 28.6 Å². The second-order valence-corrected chi connectivity index (χ2v) is 7.80. The Morgan fingerprint density at radius 2 is 1.74 bits per heavy atom. The fourth-order valence-corrected chi connectivity index (χ4v) is 3.20. The summed E-state index contributed by atoms with van der Waals surface area (Å²) in [7, 11) is 2.66. The largest absolute Gasteiger partial charge is 0.464 e. The molecule has 0 saturated heterocycles. The first-order chi connectivity index (χ1) is 14.4. The molecule has 168 valence electrons. The number of hydrogen-bond donors (Lipinski definition) is 1. The van der Waals surface area contributed by atoms with Gasteiger partial charge in [0, 0.05) is 14.1 Å². The number of nitrogens with one attached hydrogen (secondary N) is 1. The highest BCUT2D eigenvalue weighted by Gasteiger charge is 2.27. The number of nitrogens with zero attached hydrogens (tertiary/aromatic N) is 3. The maximum Gasteiger partial charge on any atom is 0.338 e. The molecule has 1 aromatic carbocycles. The number of amides is 1. The molecule has 0 spiro atoms. The molecule has 1 N–H and O–H groups in total. The summed E-state index contributed by atoms with van der Waals surface area (Å²) in [5, 5.41) is 2.24. The molecule has 2 aromatic rings. The van der Waals surface area contributed by atoms with Crippen LogP contribution in [0.15, 0.2) is 21.7 Å². The van der Waals surface area contributed by atoms with Crippen molar-refractivity contribution in [3.05, 3.63) is 54.3 Å². The van der Waals surface area contributed by atoms with E-state index in [2.05, 4.69) is 5.32 Å². The van der Waals surface area contributed by atoms with Crippen LogP contribution in [0.1, 0.15) is 31.1 Å². The van der Waals surface area contributed by atoms with Gasteiger partial charge in [0.25, 0.3) is 5.91 Å². The highest BCUT2D eigenvalue weighted by atomic mass is 35.5. The molecule has 0 aliphatic carbocycles. The van der Waals surface area contributed by atoms with Crippen LogP contribution in [-0.4, -0.2) is 38.2 Å². The third kappa shape index (κ3) is 4.77. The van der Waals surface area contributed by atoms with Crippen LogP contribution in [0.25, 0.3) is 5.69 Å². The third-order valence-corrected chi connectivity index (χ3v) is 5.41. The number of benzene rings is 1. The van der Waals surface area contributed by atoms with Crippen LogP contribution < -0.4 is 16.7 Å². The van der Waals surface area contributed by atoms with E-state index < -0.39 is 40.8 Å². The van der Waals surface area contributed by atoms with Gasteiger partial charge in [0.1, 0.15) is 11.9 Å². The second-order valence-electron chi connectivity index (χ2n) is 7.03. The fraction of sp³-hybridized carbons (Fsp3) is 0.421. The topological polar surface area (TPSA) is 104 Å². The maximum absolute atomic E-state index is 14.7. The Labute approximate surface area is 187 Å². The first-order valence-corrected chi connectivity index (χ1v) is 10.1.